The molecule has 0 fully saturated rings. The molecule has 0 saturated carbocycles. The summed E-state index contributed by atoms with van der Waals surface area (Å²) in [5, 5.41) is 3.51. The fourth-order valence-corrected chi connectivity index (χ4v) is 2.65. The van der Waals surface area contributed by atoms with Crippen molar-refractivity contribution in [1.82, 2.24) is 5.32 Å². The molecule has 0 aliphatic heterocycles. The molecular weight excluding hydrogens is 324 g/mol. The first-order valence-electron chi connectivity index (χ1n) is 7.76. The molecule has 0 radical (unpaired) electrons. The first kappa shape index (κ1) is 19.8. The Bertz CT molecular complexity index is 557. The summed E-state index contributed by atoms with van der Waals surface area (Å²) in [6.45, 7) is 12.8. The van der Waals surface area contributed by atoms with Crippen molar-refractivity contribution in [2.75, 3.05) is 6.17 Å². The lowest BCUT2D eigenvalue weighted by atomic mass is 10.1. The third kappa shape index (κ3) is 8.81. The fourth-order valence-electron chi connectivity index (χ4n) is 1.66. The van der Waals surface area contributed by atoms with E-state index in [0.717, 1.165) is 22.3 Å². The van der Waals surface area contributed by atoms with Gasteiger partial charge in [0.1, 0.15) is 5.60 Å². The summed E-state index contributed by atoms with van der Waals surface area (Å²) in [6, 6.07) is 7.88. The SMILES string of the molecule is CC(C)(C)OC(=O)NCc1ccc(/C(S)=N/C[Si](C)(C)C)cc1. The van der Waals surface area contributed by atoms with Crippen molar-refractivity contribution in [2.45, 2.75) is 52.6 Å². The monoisotopic (exact) mass is 352 g/mol. The molecule has 0 unspecified atom stereocenters. The van der Waals surface area contributed by atoms with E-state index in [4.69, 9.17) is 4.74 Å². The van der Waals surface area contributed by atoms with Crippen molar-refractivity contribution in [3.63, 3.8) is 0 Å². The van der Waals surface area contributed by atoms with Gasteiger partial charge in [-0.25, -0.2) is 4.79 Å². The summed E-state index contributed by atoms with van der Waals surface area (Å²) >= 11 is 4.48. The highest BCUT2D eigenvalue weighted by atomic mass is 32.1. The third-order valence-corrected chi connectivity index (χ3v) is 4.26. The van der Waals surface area contributed by atoms with E-state index < -0.39 is 19.8 Å². The first-order valence-corrected chi connectivity index (χ1v) is 11.9. The number of hydrogen-bond donors (Lipinski definition) is 2. The lowest BCUT2D eigenvalue weighted by molar-refractivity contribution is 0.0523. The highest BCUT2D eigenvalue weighted by molar-refractivity contribution is 7.97. The van der Waals surface area contributed by atoms with Crippen molar-refractivity contribution in [3.8, 4) is 0 Å². The number of carbonyl (C=O) groups excluding carboxylic acids is 1. The maximum atomic E-state index is 11.6. The highest BCUT2D eigenvalue weighted by Crippen LogP contribution is 2.11. The Balaban J connectivity index is 2.58. The van der Waals surface area contributed by atoms with Gasteiger partial charge in [0, 0.05) is 18.3 Å². The zero-order chi connectivity index (χ0) is 17.7. The van der Waals surface area contributed by atoms with Gasteiger partial charge in [-0.2, -0.15) is 0 Å². The largest absolute Gasteiger partial charge is 0.444 e. The average Bonchev–Trinajstić information content (AvgIpc) is 2.40. The number of nitrogens with one attached hydrogen (secondary N) is 1. The van der Waals surface area contributed by atoms with E-state index in [1.807, 2.05) is 45.0 Å². The summed E-state index contributed by atoms with van der Waals surface area (Å²) in [7, 11) is -1.21. The van der Waals surface area contributed by atoms with Crippen LogP contribution in [0.2, 0.25) is 19.6 Å². The Kier molecular flexibility index (Phi) is 6.89. The van der Waals surface area contributed by atoms with Crippen LogP contribution in [0.15, 0.2) is 29.3 Å². The van der Waals surface area contributed by atoms with Crippen molar-refractivity contribution in [3.05, 3.63) is 35.4 Å². The predicted molar refractivity (Wildman–Crippen MR) is 103 cm³/mol. The number of rotatable bonds is 5. The standard InChI is InChI=1S/C17H28N2O2SSi/c1-17(2,3)21-16(20)18-11-13-7-9-14(10-8-13)15(22)19-12-23(4,5)6/h7-10H,11-12H2,1-6H3,(H,18,20)(H,19,22). The zero-order valence-electron chi connectivity index (χ0n) is 14.9. The van der Waals surface area contributed by atoms with Crippen LogP contribution < -0.4 is 5.32 Å². The molecule has 6 heteroatoms. The molecule has 1 amide bonds. The van der Waals surface area contributed by atoms with E-state index in [1.54, 1.807) is 0 Å². The molecule has 0 saturated heterocycles. The number of hydrogen-bond acceptors (Lipinski definition) is 3. The number of carbonyl (C=O) groups is 1. The summed E-state index contributed by atoms with van der Waals surface area (Å²) in [4.78, 5) is 16.2. The Morgan fingerprint density at radius 1 is 1.22 bits per heavy atom. The second kappa shape index (κ2) is 8.01. The van der Waals surface area contributed by atoms with Crippen molar-refractivity contribution in [2.24, 2.45) is 4.99 Å². The van der Waals surface area contributed by atoms with E-state index in [2.05, 4.69) is 42.6 Å². The molecule has 1 N–H and O–H groups in total. The maximum Gasteiger partial charge on any atom is 0.407 e. The second-order valence-corrected chi connectivity index (χ2v) is 13.6. The van der Waals surface area contributed by atoms with Crippen LogP contribution in [0.4, 0.5) is 4.79 Å². The van der Waals surface area contributed by atoms with Crippen LogP contribution in [0.1, 0.15) is 31.9 Å². The molecule has 0 heterocycles. The summed E-state index contributed by atoms with van der Waals surface area (Å²) < 4.78 is 5.21. The van der Waals surface area contributed by atoms with Gasteiger partial charge in [0.2, 0.25) is 0 Å². The highest BCUT2D eigenvalue weighted by Gasteiger charge is 2.15. The smallest absolute Gasteiger partial charge is 0.407 e. The van der Waals surface area contributed by atoms with Crippen LogP contribution in [0.3, 0.4) is 0 Å². The minimum absolute atomic E-state index is 0.409. The van der Waals surface area contributed by atoms with Gasteiger partial charge in [-0.3, -0.25) is 4.99 Å². The molecular formula is C17H28N2O2SSi. The number of alkyl carbamates (subject to hydrolysis) is 1. The van der Waals surface area contributed by atoms with Crippen LogP contribution in [0.5, 0.6) is 0 Å². The molecule has 128 valence electrons. The molecule has 0 spiro atoms. The van der Waals surface area contributed by atoms with E-state index in [9.17, 15) is 4.79 Å². The van der Waals surface area contributed by atoms with Crippen molar-refractivity contribution < 1.29 is 9.53 Å². The number of aliphatic imine (C=N–C) groups is 1. The van der Waals surface area contributed by atoms with E-state index in [0.29, 0.717) is 6.54 Å². The molecule has 0 atom stereocenters. The molecule has 0 bridgehead atoms. The first-order chi connectivity index (χ1) is 10.5. The normalized spacial score (nSPS) is 12.9. The van der Waals surface area contributed by atoms with E-state index in [-0.39, 0.29) is 0 Å². The third-order valence-electron chi connectivity index (χ3n) is 2.75. The molecule has 1 aromatic carbocycles. The minimum Gasteiger partial charge on any atom is -0.444 e. The number of nitrogens with zero attached hydrogens (tertiary/aromatic N) is 1. The van der Waals surface area contributed by atoms with Gasteiger partial charge in [-0.1, -0.05) is 43.9 Å². The Hall–Kier alpha value is -1.27. The molecule has 23 heavy (non-hydrogen) atoms. The summed E-state index contributed by atoms with van der Waals surface area (Å²) in [6.07, 6.45) is 0.460. The van der Waals surface area contributed by atoms with Gasteiger partial charge >= 0.3 is 6.09 Å². The summed E-state index contributed by atoms with van der Waals surface area (Å²) in [5.74, 6) is 0. The number of ether oxygens (including phenoxy) is 1. The van der Waals surface area contributed by atoms with Gasteiger partial charge in [0.25, 0.3) is 0 Å². The fraction of sp³-hybridized carbons (Fsp3) is 0.529. The molecule has 1 aromatic rings. The molecule has 0 aliphatic rings. The Morgan fingerprint density at radius 2 is 1.78 bits per heavy atom. The minimum atomic E-state index is -1.21. The number of amides is 1. The molecule has 0 aliphatic carbocycles. The summed E-state index contributed by atoms with van der Waals surface area (Å²) in [5.41, 5.74) is 1.51. The topological polar surface area (TPSA) is 50.7 Å². The molecule has 1 rings (SSSR count). The predicted octanol–water partition coefficient (Wildman–Crippen LogP) is 4.27. The van der Waals surface area contributed by atoms with Crippen LogP contribution in [0.25, 0.3) is 0 Å². The Labute approximate surface area is 146 Å². The van der Waals surface area contributed by atoms with Crippen LogP contribution in [-0.4, -0.2) is 31.0 Å². The van der Waals surface area contributed by atoms with Crippen LogP contribution >= 0.6 is 12.6 Å². The van der Waals surface area contributed by atoms with Crippen molar-refractivity contribution in [1.29, 1.82) is 0 Å². The van der Waals surface area contributed by atoms with E-state index >= 15 is 0 Å². The van der Waals surface area contributed by atoms with E-state index in [1.165, 1.54) is 0 Å². The maximum absolute atomic E-state index is 11.6. The Morgan fingerprint density at radius 3 is 2.26 bits per heavy atom. The van der Waals surface area contributed by atoms with Crippen molar-refractivity contribution >= 4 is 31.8 Å². The quantitative estimate of drug-likeness (QED) is 0.360. The van der Waals surface area contributed by atoms with Gasteiger partial charge in [-0.15, -0.1) is 12.6 Å². The van der Waals surface area contributed by atoms with Gasteiger partial charge in [0.15, 0.2) is 0 Å². The zero-order valence-corrected chi connectivity index (χ0v) is 16.8. The molecule has 4 nitrogen and oxygen atoms in total. The average molecular weight is 353 g/mol. The van der Waals surface area contributed by atoms with Crippen LogP contribution in [0, 0.1) is 0 Å². The lowest BCUT2D eigenvalue weighted by Crippen LogP contribution is -2.32. The number of thiol groups is 1. The molecule has 0 aromatic heterocycles. The second-order valence-electron chi connectivity index (χ2n) is 7.75. The van der Waals surface area contributed by atoms with Gasteiger partial charge in [0.05, 0.1) is 13.1 Å². The van der Waals surface area contributed by atoms with Crippen LogP contribution in [-0.2, 0) is 11.3 Å². The number of benzene rings is 1. The van der Waals surface area contributed by atoms with Gasteiger partial charge < -0.3 is 10.1 Å². The lowest BCUT2D eigenvalue weighted by Gasteiger charge is -2.19. The van der Waals surface area contributed by atoms with Gasteiger partial charge in [-0.05, 0) is 26.3 Å².